The summed E-state index contributed by atoms with van der Waals surface area (Å²) in [4.78, 5) is 22.5. The smallest absolute Gasteiger partial charge is 0.244 e. The first-order valence-corrected chi connectivity index (χ1v) is 7.15. The number of hydrogen-bond donors (Lipinski definition) is 2. The standard InChI is InChI=1S/C14H25N5O/c1-6-15-12-10(4)13(17-9-16-12)18-11(5)14(20)19(7-2)8-3/h9,11H,6-8H2,1-5H3,(H2,15,16,17,18). The zero-order valence-corrected chi connectivity index (χ0v) is 13.0. The molecule has 0 radical (unpaired) electrons. The number of aromatic nitrogens is 2. The fourth-order valence-corrected chi connectivity index (χ4v) is 2.02. The maximum Gasteiger partial charge on any atom is 0.244 e. The molecule has 0 aromatic carbocycles. The van der Waals surface area contributed by atoms with Crippen LogP contribution in [-0.4, -0.2) is 46.5 Å². The van der Waals surface area contributed by atoms with E-state index in [1.54, 1.807) is 4.90 Å². The van der Waals surface area contributed by atoms with Crippen molar-refractivity contribution in [1.82, 2.24) is 14.9 Å². The lowest BCUT2D eigenvalue weighted by atomic mass is 10.2. The molecule has 6 heteroatoms. The number of likely N-dealkylation sites (N-methyl/N-ethyl adjacent to an activating group) is 1. The number of nitrogens with one attached hydrogen (secondary N) is 2. The highest BCUT2D eigenvalue weighted by Gasteiger charge is 2.19. The Morgan fingerprint density at radius 2 is 1.85 bits per heavy atom. The Bertz CT molecular complexity index is 445. The lowest BCUT2D eigenvalue weighted by Crippen LogP contribution is -2.41. The van der Waals surface area contributed by atoms with Gasteiger partial charge in [0.05, 0.1) is 0 Å². The van der Waals surface area contributed by atoms with E-state index in [9.17, 15) is 4.79 Å². The van der Waals surface area contributed by atoms with E-state index in [2.05, 4.69) is 20.6 Å². The Morgan fingerprint density at radius 3 is 2.40 bits per heavy atom. The minimum absolute atomic E-state index is 0.0815. The second-order valence-corrected chi connectivity index (χ2v) is 4.60. The third kappa shape index (κ3) is 3.82. The van der Waals surface area contributed by atoms with Gasteiger partial charge in [-0.3, -0.25) is 4.79 Å². The lowest BCUT2D eigenvalue weighted by molar-refractivity contribution is -0.131. The van der Waals surface area contributed by atoms with E-state index in [1.807, 2.05) is 34.6 Å². The van der Waals surface area contributed by atoms with E-state index in [4.69, 9.17) is 0 Å². The number of hydrogen-bond acceptors (Lipinski definition) is 5. The number of nitrogens with zero attached hydrogens (tertiary/aromatic N) is 3. The minimum atomic E-state index is -0.307. The quantitative estimate of drug-likeness (QED) is 0.797. The van der Waals surface area contributed by atoms with Crippen molar-refractivity contribution in [3.63, 3.8) is 0 Å². The zero-order valence-electron chi connectivity index (χ0n) is 13.0. The average Bonchev–Trinajstić information content (AvgIpc) is 2.44. The minimum Gasteiger partial charge on any atom is -0.370 e. The average molecular weight is 279 g/mol. The molecule has 0 aliphatic carbocycles. The van der Waals surface area contributed by atoms with Gasteiger partial charge in [0.15, 0.2) is 0 Å². The predicted molar refractivity (Wildman–Crippen MR) is 81.9 cm³/mol. The van der Waals surface area contributed by atoms with Crippen LogP contribution in [0.15, 0.2) is 6.33 Å². The molecule has 1 amide bonds. The summed E-state index contributed by atoms with van der Waals surface area (Å²) in [6, 6.07) is -0.307. The number of amides is 1. The van der Waals surface area contributed by atoms with Crippen molar-refractivity contribution in [3.8, 4) is 0 Å². The van der Waals surface area contributed by atoms with E-state index in [0.29, 0.717) is 18.9 Å². The summed E-state index contributed by atoms with van der Waals surface area (Å²) in [5.41, 5.74) is 0.925. The van der Waals surface area contributed by atoms with Crippen LogP contribution in [0.4, 0.5) is 11.6 Å². The number of rotatable bonds is 7. The summed E-state index contributed by atoms with van der Waals surface area (Å²) in [6.45, 7) is 12.0. The largest absolute Gasteiger partial charge is 0.370 e. The summed E-state index contributed by atoms with van der Waals surface area (Å²) in [5, 5.41) is 6.35. The highest BCUT2D eigenvalue weighted by atomic mass is 16.2. The maximum atomic E-state index is 12.2. The van der Waals surface area contributed by atoms with Gasteiger partial charge >= 0.3 is 0 Å². The van der Waals surface area contributed by atoms with Gasteiger partial charge in [0.2, 0.25) is 5.91 Å². The molecule has 1 atom stereocenters. The molecule has 2 N–H and O–H groups in total. The van der Waals surface area contributed by atoms with Crippen LogP contribution in [0.1, 0.15) is 33.3 Å². The van der Waals surface area contributed by atoms with Gasteiger partial charge in [0, 0.05) is 25.2 Å². The van der Waals surface area contributed by atoms with Crippen molar-refractivity contribution in [3.05, 3.63) is 11.9 Å². The maximum absolute atomic E-state index is 12.2. The number of carbonyl (C=O) groups excluding carboxylic acids is 1. The Morgan fingerprint density at radius 1 is 1.25 bits per heavy atom. The molecule has 1 heterocycles. The Kier molecular flexibility index (Phi) is 6.21. The van der Waals surface area contributed by atoms with Crippen molar-refractivity contribution in [2.24, 2.45) is 0 Å². The highest BCUT2D eigenvalue weighted by molar-refractivity contribution is 5.84. The summed E-state index contributed by atoms with van der Waals surface area (Å²) in [5.74, 6) is 1.58. The summed E-state index contributed by atoms with van der Waals surface area (Å²) in [6.07, 6.45) is 1.50. The molecule has 0 saturated heterocycles. The Labute approximate surface area is 121 Å². The van der Waals surface area contributed by atoms with Crippen molar-refractivity contribution in [2.75, 3.05) is 30.3 Å². The van der Waals surface area contributed by atoms with Gasteiger partial charge < -0.3 is 15.5 Å². The molecule has 0 spiro atoms. The van der Waals surface area contributed by atoms with Gasteiger partial charge in [-0.15, -0.1) is 0 Å². The van der Waals surface area contributed by atoms with Gasteiger partial charge in [-0.2, -0.15) is 0 Å². The van der Waals surface area contributed by atoms with Gasteiger partial charge in [-0.25, -0.2) is 9.97 Å². The van der Waals surface area contributed by atoms with Crippen LogP contribution >= 0.6 is 0 Å². The molecule has 1 aromatic rings. The first kappa shape index (κ1) is 16.2. The molecule has 1 unspecified atom stereocenters. The van der Waals surface area contributed by atoms with E-state index in [1.165, 1.54) is 6.33 Å². The summed E-state index contributed by atoms with van der Waals surface area (Å²) >= 11 is 0. The molecular weight excluding hydrogens is 254 g/mol. The van der Waals surface area contributed by atoms with Crippen molar-refractivity contribution >= 4 is 17.5 Å². The SMILES string of the molecule is CCNc1ncnc(NC(C)C(=O)N(CC)CC)c1C. The van der Waals surface area contributed by atoms with Crippen molar-refractivity contribution in [2.45, 2.75) is 40.7 Å². The Balaban J connectivity index is 2.82. The lowest BCUT2D eigenvalue weighted by Gasteiger charge is -2.24. The van der Waals surface area contributed by atoms with Gasteiger partial charge in [0.1, 0.15) is 24.0 Å². The molecule has 112 valence electrons. The Hall–Kier alpha value is -1.85. The summed E-state index contributed by atoms with van der Waals surface area (Å²) < 4.78 is 0. The highest BCUT2D eigenvalue weighted by Crippen LogP contribution is 2.18. The van der Waals surface area contributed by atoms with E-state index in [0.717, 1.165) is 17.9 Å². The first-order chi connectivity index (χ1) is 9.54. The van der Waals surface area contributed by atoms with Crippen LogP contribution in [0.25, 0.3) is 0 Å². The van der Waals surface area contributed by atoms with E-state index < -0.39 is 0 Å². The fourth-order valence-electron chi connectivity index (χ4n) is 2.02. The number of carbonyl (C=O) groups is 1. The van der Waals surface area contributed by atoms with Crippen molar-refractivity contribution in [1.29, 1.82) is 0 Å². The first-order valence-electron chi connectivity index (χ1n) is 7.15. The van der Waals surface area contributed by atoms with Crippen molar-refractivity contribution < 1.29 is 4.79 Å². The molecule has 0 bridgehead atoms. The van der Waals surface area contributed by atoms with Crippen LogP contribution < -0.4 is 10.6 Å². The van der Waals surface area contributed by atoms with Gasteiger partial charge in [-0.1, -0.05) is 0 Å². The van der Waals surface area contributed by atoms with E-state index >= 15 is 0 Å². The topological polar surface area (TPSA) is 70.1 Å². The molecule has 0 aliphatic heterocycles. The molecule has 20 heavy (non-hydrogen) atoms. The van der Waals surface area contributed by atoms with Crippen LogP contribution in [0.2, 0.25) is 0 Å². The van der Waals surface area contributed by atoms with E-state index in [-0.39, 0.29) is 11.9 Å². The molecule has 0 fully saturated rings. The molecule has 6 nitrogen and oxygen atoms in total. The van der Waals surface area contributed by atoms with Crippen LogP contribution in [0.3, 0.4) is 0 Å². The number of anilines is 2. The zero-order chi connectivity index (χ0) is 15.1. The van der Waals surface area contributed by atoms with Crippen LogP contribution in [0.5, 0.6) is 0 Å². The van der Waals surface area contributed by atoms with Crippen LogP contribution in [0, 0.1) is 6.92 Å². The second-order valence-electron chi connectivity index (χ2n) is 4.60. The third-order valence-corrected chi connectivity index (χ3v) is 3.23. The molecule has 1 aromatic heterocycles. The predicted octanol–water partition coefficient (Wildman–Crippen LogP) is 1.89. The monoisotopic (exact) mass is 279 g/mol. The third-order valence-electron chi connectivity index (χ3n) is 3.23. The molecule has 0 saturated carbocycles. The van der Waals surface area contributed by atoms with Crippen LogP contribution in [-0.2, 0) is 4.79 Å². The second kappa shape index (κ2) is 7.67. The fraction of sp³-hybridized carbons (Fsp3) is 0.643. The van der Waals surface area contributed by atoms with Gasteiger partial charge in [-0.05, 0) is 34.6 Å². The molecule has 1 rings (SSSR count). The molecular formula is C14H25N5O. The summed E-state index contributed by atoms with van der Waals surface area (Å²) in [7, 11) is 0. The molecule has 0 aliphatic rings. The van der Waals surface area contributed by atoms with Gasteiger partial charge in [0.25, 0.3) is 0 Å². The normalized spacial score (nSPS) is 11.8.